The van der Waals surface area contributed by atoms with Gasteiger partial charge in [-0.05, 0) is 84.3 Å². The van der Waals surface area contributed by atoms with E-state index in [2.05, 4.69) is 20.1 Å². The van der Waals surface area contributed by atoms with Crippen LogP contribution in [0.15, 0.2) is 103 Å². The van der Waals surface area contributed by atoms with Crippen LogP contribution in [0.5, 0.6) is 5.75 Å². The van der Waals surface area contributed by atoms with Crippen LogP contribution in [-0.2, 0) is 0 Å². The van der Waals surface area contributed by atoms with Crippen LogP contribution in [0.4, 0.5) is 27.6 Å². The second-order valence-electron chi connectivity index (χ2n) is 9.50. The number of aliphatic hydroxyl groups excluding tert-OH is 1. The number of halogens is 5. The highest BCUT2D eigenvalue weighted by atomic mass is 19.4. The number of ether oxygens (including phenoxy) is 1. The number of carbonyl (C=O) groups excluding carboxylic acids is 1. The zero-order chi connectivity index (χ0) is 30.8. The molecule has 12 heteroatoms. The number of nitrogens with zero attached hydrogens (tertiary/aromatic N) is 3. The van der Waals surface area contributed by atoms with E-state index >= 15 is 0 Å². The van der Waals surface area contributed by atoms with Crippen LogP contribution in [0.2, 0.25) is 0 Å². The van der Waals surface area contributed by atoms with E-state index in [0.29, 0.717) is 28.3 Å². The maximum atomic E-state index is 13.1. The SMILES string of the molecule is CC(O)c1ccccc1-c1cccc(C(=O)Nc2ccc(-c3ncn(-c4ccc(OC(F)(F)C(F)(F)F)cc4)n3)cc2)c1. The van der Waals surface area contributed by atoms with Crippen LogP contribution in [0, 0.1) is 0 Å². The smallest absolute Gasteiger partial charge is 0.426 e. The second-order valence-corrected chi connectivity index (χ2v) is 9.50. The van der Waals surface area contributed by atoms with Crippen LogP contribution >= 0.6 is 0 Å². The molecule has 0 aliphatic heterocycles. The lowest BCUT2D eigenvalue weighted by Crippen LogP contribution is -2.41. The maximum Gasteiger partial charge on any atom is 0.499 e. The Kier molecular flexibility index (Phi) is 7.96. The Labute approximate surface area is 242 Å². The number of anilines is 1. The minimum Gasteiger partial charge on any atom is -0.426 e. The minimum atomic E-state index is -5.84. The molecule has 2 N–H and O–H groups in total. The molecule has 0 radical (unpaired) electrons. The molecule has 0 bridgehead atoms. The summed E-state index contributed by atoms with van der Waals surface area (Å²) in [7, 11) is 0. The largest absolute Gasteiger partial charge is 0.499 e. The molecule has 4 aromatic carbocycles. The molecular weight excluding hydrogens is 571 g/mol. The third-order valence-corrected chi connectivity index (χ3v) is 6.42. The number of hydrogen-bond acceptors (Lipinski definition) is 5. The van der Waals surface area contributed by atoms with Crippen LogP contribution in [-0.4, -0.2) is 38.1 Å². The number of carbonyl (C=O) groups is 1. The van der Waals surface area contributed by atoms with Gasteiger partial charge in [0, 0.05) is 16.8 Å². The molecule has 0 saturated carbocycles. The van der Waals surface area contributed by atoms with Gasteiger partial charge in [-0.25, -0.2) is 9.67 Å². The first-order valence-electron chi connectivity index (χ1n) is 12.9. The standard InChI is InChI=1S/C31H23F5N4O3/c1-19(41)26-7-2-3-8-27(26)21-5-4-6-22(17-21)29(42)38-23-11-9-20(10-12-23)28-37-18-40(39-28)24-13-15-25(16-14-24)43-31(35,36)30(32,33)34/h2-19,41H,1H3,(H,38,42). The van der Waals surface area contributed by atoms with Gasteiger partial charge in [-0.2, -0.15) is 22.0 Å². The summed E-state index contributed by atoms with van der Waals surface area (Å²) in [5.41, 5.74) is 4.29. The normalized spacial score (nSPS) is 12.5. The molecule has 1 amide bonds. The van der Waals surface area contributed by atoms with Gasteiger partial charge in [0.1, 0.15) is 12.1 Å². The molecule has 220 valence electrons. The van der Waals surface area contributed by atoms with Crippen LogP contribution in [0.3, 0.4) is 0 Å². The fraction of sp³-hybridized carbons (Fsp3) is 0.129. The molecule has 1 atom stereocenters. The number of amides is 1. The van der Waals surface area contributed by atoms with Crippen molar-refractivity contribution in [2.45, 2.75) is 25.3 Å². The Balaban J connectivity index is 1.26. The predicted octanol–water partition coefficient (Wildman–Crippen LogP) is 7.44. The highest BCUT2D eigenvalue weighted by Gasteiger charge is 2.61. The summed E-state index contributed by atoms with van der Waals surface area (Å²) in [5, 5.41) is 17.3. The average molecular weight is 595 g/mol. The van der Waals surface area contributed by atoms with Crippen molar-refractivity contribution in [1.82, 2.24) is 14.8 Å². The monoisotopic (exact) mass is 594 g/mol. The van der Waals surface area contributed by atoms with Gasteiger partial charge in [-0.3, -0.25) is 4.79 Å². The van der Waals surface area contributed by atoms with Crippen molar-refractivity contribution < 1.29 is 36.6 Å². The number of hydrogen-bond donors (Lipinski definition) is 2. The van der Waals surface area contributed by atoms with Crippen LogP contribution < -0.4 is 10.1 Å². The zero-order valence-electron chi connectivity index (χ0n) is 22.4. The molecule has 1 unspecified atom stereocenters. The second kappa shape index (κ2) is 11.6. The van der Waals surface area contributed by atoms with Gasteiger partial charge >= 0.3 is 12.3 Å². The van der Waals surface area contributed by atoms with E-state index in [0.717, 1.165) is 28.8 Å². The van der Waals surface area contributed by atoms with E-state index in [1.54, 1.807) is 49.4 Å². The number of rotatable bonds is 8. The van der Waals surface area contributed by atoms with E-state index in [1.807, 2.05) is 30.3 Å². The lowest BCUT2D eigenvalue weighted by atomic mass is 9.95. The van der Waals surface area contributed by atoms with Gasteiger partial charge in [0.15, 0.2) is 5.82 Å². The number of alkyl halides is 5. The third-order valence-electron chi connectivity index (χ3n) is 6.42. The van der Waals surface area contributed by atoms with E-state index < -0.39 is 24.1 Å². The summed E-state index contributed by atoms with van der Waals surface area (Å²) < 4.78 is 68.5. The van der Waals surface area contributed by atoms with Gasteiger partial charge in [-0.1, -0.05) is 36.4 Å². The minimum absolute atomic E-state index is 0.311. The number of benzene rings is 4. The van der Waals surface area contributed by atoms with Gasteiger partial charge in [-0.15, -0.1) is 5.10 Å². The first-order chi connectivity index (χ1) is 20.4. The van der Waals surface area contributed by atoms with Crippen LogP contribution in [0.1, 0.15) is 28.9 Å². The van der Waals surface area contributed by atoms with Crippen molar-refractivity contribution in [1.29, 1.82) is 0 Å². The van der Waals surface area contributed by atoms with E-state index in [1.165, 1.54) is 23.1 Å². The molecule has 7 nitrogen and oxygen atoms in total. The Morgan fingerprint density at radius 3 is 2.26 bits per heavy atom. The van der Waals surface area contributed by atoms with Gasteiger partial charge in [0.25, 0.3) is 5.91 Å². The molecule has 0 aliphatic carbocycles. The lowest BCUT2D eigenvalue weighted by Gasteiger charge is -2.20. The molecule has 0 spiro atoms. The molecule has 5 aromatic rings. The molecule has 0 aliphatic rings. The molecule has 0 saturated heterocycles. The first kappa shape index (κ1) is 29.4. The Morgan fingerprint density at radius 2 is 1.58 bits per heavy atom. The van der Waals surface area contributed by atoms with Gasteiger partial charge in [0.2, 0.25) is 0 Å². The average Bonchev–Trinajstić information content (AvgIpc) is 3.48. The quantitative estimate of drug-likeness (QED) is 0.182. The van der Waals surface area contributed by atoms with Crippen molar-refractivity contribution >= 4 is 11.6 Å². The fourth-order valence-corrected chi connectivity index (χ4v) is 4.25. The molecule has 1 aromatic heterocycles. The summed E-state index contributed by atoms with van der Waals surface area (Å²) >= 11 is 0. The Hall–Kier alpha value is -5.10. The summed E-state index contributed by atoms with van der Waals surface area (Å²) in [6, 6.07) is 25.7. The highest BCUT2D eigenvalue weighted by molar-refractivity contribution is 6.05. The first-order valence-corrected chi connectivity index (χ1v) is 12.9. The lowest BCUT2D eigenvalue weighted by molar-refractivity contribution is -0.360. The van der Waals surface area contributed by atoms with E-state index in [4.69, 9.17) is 0 Å². The predicted molar refractivity (Wildman–Crippen MR) is 149 cm³/mol. The summed E-state index contributed by atoms with van der Waals surface area (Å²) in [6.07, 6.45) is -10.5. The van der Waals surface area contributed by atoms with Crippen molar-refractivity contribution in [3.8, 4) is 34.0 Å². The van der Waals surface area contributed by atoms with Crippen molar-refractivity contribution in [2.24, 2.45) is 0 Å². The molecule has 43 heavy (non-hydrogen) atoms. The van der Waals surface area contributed by atoms with Gasteiger partial charge in [0.05, 0.1) is 11.8 Å². The fourth-order valence-electron chi connectivity index (χ4n) is 4.25. The van der Waals surface area contributed by atoms with E-state index in [9.17, 15) is 31.9 Å². The molecular formula is C31H23F5N4O3. The van der Waals surface area contributed by atoms with Crippen LogP contribution in [0.25, 0.3) is 28.2 Å². The van der Waals surface area contributed by atoms with Crippen molar-refractivity contribution in [3.05, 3.63) is 115 Å². The third kappa shape index (κ3) is 6.54. The number of aromatic nitrogens is 3. The summed E-state index contributed by atoms with van der Waals surface area (Å²) in [6.45, 7) is 1.68. The molecule has 0 fully saturated rings. The zero-order valence-corrected chi connectivity index (χ0v) is 22.4. The van der Waals surface area contributed by atoms with Crippen molar-refractivity contribution in [2.75, 3.05) is 5.32 Å². The number of aliphatic hydroxyl groups is 1. The summed E-state index contributed by atoms with van der Waals surface area (Å²) in [5.74, 6) is -0.682. The molecule has 5 rings (SSSR count). The van der Waals surface area contributed by atoms with E-state index in [-0.39, 0.29) is 5.91 Å². The molecule has 1 heterocycles. The highest BCUT2D eigenvalue weighted by Crippen LogP contribution is 2.37. The van der Waals surface area contributed by atoms with Crippen molar-refractivity contribution in [3.63, 3.8) is 0 Å². The number of nitrogens with one attached hydrogen (secondary N) is 1. The Bertz CT molecular complexity index is 1730. The summed E-state index contributed by atoms with van der Waals surface area (Å²) in [4.78, 5) is 17.2. The Morgan fingerprint density at radius 1 is 0.884 bits per heavy atom. The van der Waals surface area contributed by atoms with Gasteiger partial charge < -0.3 is 15.2 Å². The topological polar surface area (TPSA) is 89.3 Å². The maximum absolute atomic E-state index is 13.1.